The van der Waals surface area contributed by atoms with E-state index < -0.39 is 6.10 Å². The van der Waals surface area contributed by atoms with Crippen LogP contribution in [0, 0.1) is 12.7 Å². The van der Waals surface area contributed by atoms with Crippen molar-refractivity contribution in [1.29, 1.82) is 0 Å². The van der Waals surface area contributed by atoms with E-state index in [-0.39, 0.29) is 11.7 Å². The van der Waals surface area contributed by atoms with Crippen molar-refractivity contribution >= 4 is 11.6 Å². The predicted octanol–water partition coefficient (Wildman–Crippen LogP) is 1.37. The van der Waals surface area contributed by atoms with E-state index in [1.807, 2.05) is 0 Å². The van der Waals surface area contributed by atoms with Gasteiger partial charge in [-0.25, -0.2) is 4.39 Å². The van der Waals surface area contributed by atoms with Crippen molar-refractivity contribution in [3.63, 3.8) is 0 Å². The lowest BCUT2D eigenvalue weighted by molar-refractivity contribution is -0.131. The van der Waals surface area contributed by atoms with Crippen LogP contribution >= 0.6 is 0 Å². The highest BCUT2D eigenvalue weighted by Crippen LogP contribution is 2.17. The zero-order valence-electron chi connectivity index (χ0n) is 12.5. The molecule has 2 aromatic rings. The maximum Gasteiger partial charge on any atom is 0.264 e. The summed E-state index contributed by atoms with van der Waals surface area (Å²) in [5, 5.41) is 10.3. The summed E-state index contributed by atoms with van der Waals surface area (Å²) in [7, 11) is 0. The normalized spacial score (nSPS) is 16.8. The standard InChI is InChI=1S/C15H15FN4O3/c1-9-18-14(23-19-9)5-6-17-15(21)13-8-12(20-22-13)10-3-2-4-11(16)7-10/h2-4,7,13H,5-6,8H2,1H3,(H,17,21)/t13-/m0/s1. The van der Waals surface area contributed by atoms with Crippen molar-refractivity contribution in [3.8, 4) is 0 Å². The number of aromatic nitrogens is 2. The average Bonchev–Trinajstić information content (AvgIpc) is 3.16. The Morgan fingerprint density at radius 3 is 3.09 bits per heavy atom. The molecule has 0 fully saturated rings. The summed E-state index contributed by atoms with van der Waals surface area (Å²) in [6.45, 7) is 2.08. The van der Waals surface area contributed by atoms with Gasteiger partial charge in [-0.05, 0) is 19.1 Å². The minimum atomic E-state index is -0.710. The van der Waals surface area contributed by atoms with E-state index in [0.29, 0.717) is 42.4 Å². The fraction of sp³-hybridized carbons (Fsp3) is 0.333. The Bertz CT molecular complexity index is 744. The van der Waals surface area contributed by atoms with Crippen LogP contribution in [0.25, 0.3) is 0 Å². The van der Waals surface area contributed by atoms with E-state index in [1.54, 1.807) is 19.1 Å². The summed E-state index contributed by atoms with van der Waals surface area (Å²) in [5.74, 6) is 0.384. The van der Waals surface area contributed by atoms with Crippen LogP contribution in [-0.2, 0) is 16.1 Å². The Balaban J connectivity index is 1.48. The third-order valence-electron chi connectivity index (χ3n) is 3.33. The Hall–Kier alpha value is -2.77. The summed E-state index contributed by atoms with van der Waals surface area (Å²) < 4.78 is 18.2. The van der Waals surface area contributed by atoms with Gasteiger partial charge in [0.25, 0.3) is 5.91 Å². The molecule has 1 aromatic carbocycles. The fourth-order valence-electron chi connectivity index (χ4n) is 2.20. The van der Waals surface area contributed by atoms with Gasteiger partial charge in [-0.1, -0.05) is 22.4 Å². The number of aryl methyl sites for hydroxylation is 1. The molecule has 0 aliphatic carbocycles. The Morgan fingerprint density at radius 2 is 2.35 bits per heavy atom. The number of hydrogen-bond acceptors (Lipinski definition) is 6. The van der Waals surface area contributed by atoms with Crippen LogP contribution in [0.3, 0.4) is 0 Å². The van der Waals surface area contributed by atoms with Crippen molar-refractivity contribution < 1.29 is 18.5 Å². The smallest absolute Gasteiger partial charge is 0.264 e. The lowest BCUT2D eigenvalue weighted by atomic mass is 10.0. The van der Waals surface area contributed by atoms with Gasteiger partial charge in [0.05, 0.1) is 5.71 Å². The first-order chi connectivity index (χ1) is 11.1. The van der Waals surface area contributed by atoms with Crippen molar-refractivity contribution in [2.45, 2.75) is 25.9 Å². The number of halogens is 1. The van der Waals surface area contributed by atoms with Gasteiger partial charge < -0.3 is 14.7 Å². The first kappa shape index (κ1) is 15.1. The number of carbonyl (C=O) groups excluding carboxylic acids is 1. The number of benzene rings is 1. The highest BCUT2D eigenvalue weighted by molar-refractivity contribution is 6.04. The molecule has 120 valence electrons. The first-order valence-electron chi connectivity index (χ1n) is 7.17. The number of nitrogens with zero attached hydrogens (tertiary/aromatic N) is 3. The van der Waals surface area contributed by atoms with Crippen molar-refractivity contribution in [2.24, 2.45) is 5.16 Å². The van der Waals surface area contributed by atoms with Gasteiger partial charge in [0, 0.05) is 24.9 Å². The van der Waals surface area contributed by atoms with E-state index >= 15 is 0 Å². The Morgan fingerprint density at radius 1 is 1.48 bits per heavy atom. The molecule has 0 saturated heterocycles. The first-order valence-corrected chi connectivity index (χ1v) is 7.17. The number of oxime groups is 1. The minimum absolute atomic E-state index is 0.281. The van der Waals surface area contributed by atoms with Gasteiger partial charge in [-0.2, -0.15) is 4.98 Å². The van der Waals surface area contributed by atoms with Crippen molar-refractivity contribution in [2.75, 3.05) is 6.54 Å². The number of carbonyl (C=O) groups is 1. The molecule has 7 nitrogen and oxygen atoms in total. The highest BCUT2D eigenvalue weighted by atomic mass is 19.1. The number of nitrogens with one attached hydrogen (secondary N) is 1. The quantitative estimate of drug-likeness (QED) is 0.899. The molecule has 23 heavy (non-hydrogen) atoms. The molecule has 1 amide bonds. The molecule has 8 heteroatoms. The van der Waals surface area contributed by atoms with Crippen LogP contribution < -0.4 is 5.32 Å². The van der Waals surface area contributed by atoms with Gasteiger partial charge in [-0.3, -0.25) is 4.79 Å². The van der Waals surface area contributed by atoms with Crippen LogP contribution in [0.2, 0.25) is 0 Å². The molecule has 0 radical (unpaired) electrons. The van der Waals surface area contributed by atoms with E-state index in [2.05, 4.69) is 20.6 Å². The molecule has 1 atom stereocenters. The average molecular weight is 318 g/mol. The Kier molecular flexibility index (Phi) is 4.31. The molecule has 1 N–H and O–H groups in total. The molecule has 0 saturated carbocycles. The van der Waals surface area contributed by atoms with Gasteiger partial charge in [0.2, 0.25) is 12.0 Å². The Labute approximate surface area is 131 Å². The van der Waals surface area contributed by atoms with E-state index in [9.17, 15) is 9.18 Å². The van der Waals surface area contributed by atoms with E-state index in [4.69, 9.17) is 9.36 Å². The summed E-state index contributed by atoms with van der Waals surface area (Å²) in [5.41, 5.74) is 1.17. The molecular weight excluding hydrogens is 303 g/mol. The lowest BCUT2D eigenvalue weighted by Gasteiger charge is -2.08. The molecular formula is C15H15FN4O3. The second-order valence-corrected chi connectivity index (χ2v) is 5.12. The van der Waals surface area contributed by atoms with Crippen LogP contribution in [0.1, 0.15) is 23.7 Å². The monoisotopic (exact) mass is 318 g/mol. The molecule has 3 rings (SSSR count). The van der Waals surface area contributed by atoms with Gasteiger partial charge in [0.15, 0.2) is 5.82 Å². The van der Waals surface area contributed by atoms with Gasteiger partial charge in [0.1, 0.15) is 5.82 Å². The molecule has 1 aromatic heterocycles. The third kappa shape index (κ3) is 3.71. The lowest BCUT2D eigenvalue weighted by Crippen LogP contribution is -2.36. The zero-order valence-corrected chi connectivity index (χ0v) is 12.5. The van der Waals surface area contributed by atoms with Crippen LogP contribution in [0.15, 0.2) is 33.9 Å². The third-order valence-corrected chi connectivity index (χ3v) is 3.33. The van der Waals surface area contributed by atoms with Crippen LogP contribution in [-0.4, -0.2) is 34.4 Å². The number of amides is 1. The SMILES string of the molecule is Cc1noc(CCNC(=O)[C@@H]2CC(c3cccc(F)c3)=NO2)n1. The molecule has 0 bridgehead atoms. The highest BCUT2D eigenvalue weighted by Gasteiger charge is 2.28. The van der Waals surface area contributed by atoms with Crippen LogP contribution in [0.5, 0.6) is 0 Å². The maximum atomic E-state index is 13.2. The van der Waals surface area contributed by atoms with E-state index in [0.717, 1.165) is 0 Å². The molecule has 2 heterocycles. The van der Waals surface area contributed by atoms with Gasteiger partial charge in [-0.15, -0.1) is 0 Å². The summed E-state index contributed by atoms with van der Waals surface area (Å²) >= 11 is 0. The topological polar surface area (TPSA) is 89.6 Å². The second kappa shape index (κ2) is 6.55. The maximum absolute atomic E-state index is 13.2. The summed E-state index contributed by atoms with van der Waals surface area (Å²) in [6.07, 6.45) is 0.0315. The largest absolute Gasteiger partial charge is 0.382 e. The zero-order chi connectivity index (χ0) is 16.2. The van der Waals surface area contributed by atoms with Crippen LogP contribution in [0.4, 0.5) is 4.39 Å². The van der Waals surface area contributed by atoms with Gasteiger partial charge >= 0.3 is 0 Å². The summed E-state index contributed by atoms with van der Waals surface area (Å²) in [6, 6.07) is 6.03. The number of rotatable bonds is 5. The number of hydrogen-bond donors (Lipinski definition) is 1. The van der Waals surface area contributed by atoms with Crippen molar-refractivity contribution in [3.05, 3.63) is 47.4 Å². The molecule has 0 unspecified atom stereocenters. The predicted molar refractivity (Wildman–Crippen MR) is 78.2 cm³/mol. The second-order valence-electron chi connectivity index (χ2n) is 5.12. The van der Waals surface area contributed by atoms with Crippen molar-refractivity contribution in [1.82, 2.24) is 15.5 Å². The fourth-order valence-corrected chi connectivity index (χ4v) is 2.20. The minimum Gasteiger partial charge on any atom is -0.382 e. The molecule has 0 spiro atoms. The summed E-state index contributed by atoms with van der Waals surface area (Å²) in [4.78, 5) is 21.2. The molecule has 1 aliphatic rings. The van der Waals surface area contributed by atoms with E-state index in [1.165, 1.54) is 12.1 Å². The molecule has 1 aliphatic heterocycles.